The Morgan fingerprint density at radius 3 is 2.89 bits per heavy atom. The monoisotopic (exact) mass is 393 g/mol. The highest BCUT2D eigenvalue weighted by Gasteiger charge is 2.11. The third-order valence-electron chi connectivity index (χ3n) is 4.22. The molecule has 0 unspecified atom stereocenters. The molecule has 0 aliphatic carbocycles. The molecule has 0 radical (unpaired) electrons. The van der Waals surface area contributed by atoms with Gasteiger partial charge in [-0.05, 0) is 42.8 Å². The van der Waals surface area contributed by atoms with E-state index in [-0.39, 0.29) is 5.97 Å². The van der Waals surface area contributed by atoms with E-state index < -0.39 is 0 Å². The van der Waals surface area contributed by atoms with Crippen LogP contribution in [0.3, 0.4) is 0 Å². The normalized spacial score (nSPS) is 11.0. The predicted octanol–water partition coefficient (Wildman–Crippen LogP) is 4.38. The molecule has 0 aliphatic heterocycles. The van der Waals surface area contributed by atoms with Crippen molar-refractivity contribution in [2.75, 3.05) is 6.61 Å². The van der Waals surface area contributed by atoms with Crippen molar-refractivity contribution in [2.24, 2.45) is 0 Å². The van der Waals surface area contributed by atoms with Gasteiger partial charge in [0, 0.05) is 17.3 Å². The summed E-state index contributed by atoms with van der Waals surface area (Å²) in [6.45, 7) is 3.15. The second-order valence-electron chi connectivity index (χ2n) is 6.13. The Morgan fingerprint density at radius 1 is 1.14 bits per heavy atom. The van der Waals surface area contributed by atoms with Gasteiger partial charge in [0.15, 0.2) is 0 Å². The van der Waals surface area contributed by atoms with Crippen LogP contribution in [0.1, 0.15) is 27.9 Å². The Bertz CT molecular complexity index is 1090. The molecule has 0 bridgehead atoms. The molecule has 2 aromatic heterocycles. The number of fused-ring (bicyclic) bond motifs is 1. The number of hydrogen-bond donors (Lipinski definition) is 0. The van der Waals surface area contributed by atoms with Crippen molar-refractivity contribution in [1.82, 2.24) is 14.5 Å². The van der Waals surface area contributed by atoms with Gasteiger partial charge in [0.1, 0.15) is 11.3 Å². The Morgan fingerprint density at radius 2 is 2.07 bits per heavy atom. The van der Waals surface area contributed by atoms with E-state index in [2.05, 4.69) is 16.0 Å². The van der Waals surface area contributed by atoms with E-state index in [0.717, 1.165) is 27.3 Å². The zero-order chi connectivity index (χ0) is 19.3. The maximum Gasteiger partial charge on any atom is 0.338 e. The SMILES string of the molecule is CCOC(=O)c1ccc2c(c1)ncn2-c1cccc(COCc2nccs2)c1. The predicted molar refractivity (Wildman–Crippen MR) is 108 cm³/mol. The van der Waals surface area contributed by atoms with Gasteiger partial charge in [0.2, 0.25) is 0 Å². The molecule has 142 valence electrons. The maximum atomic E-state index is 11.9. The van der Waals surface area contributed by atoms with Gasteiger partial charge in [0.25, 0.3) is 0 Å². The largest absolute Gasteiger partial charge is 0.462 e. The number of benzene rings is 2. The fourth-order valence-corrected chi connectivity index (χ4v) is 3.49. The molecule has 28 heavy (non-hydrogen) atoms. The third kappa shape index (κ3) is 3.95. The molecule has 0 N–H and O–H groups in total. The maximum absolute atomic E-state index is 11.9. The summed E-state index contributed by atoms with van der Waals surface area (Å²) in [7, 11) is 0. The fourth-order valence-electron chi connectivity index (χ4n) is 2.94. The van der Waals surface area contributed by atoms with Crippen molar-refractivity contribution in [3.05, 3.63) is 76.5 Å². The van der Waals surface area contributed by atoms with Gasteiger partial charge in [-0.15, -0.1) is 11.3 Å². The van der Waals surface area contributed by atoms with E-state index >= 15 is 0 Å². The van der Waals surface area contributed by atoms with Gasteiger partial charge < -0.3 is 9.47 Å². The molecule has 0 fully saturated rings. The fraction of sp³-hybridized carbons (Fsp3) is 0.190. The van der Waals surface area contributed by atoms with Gasteiger partial charge in [-0.1, -0.05) is 12.1 Å². The molecule has 0 saturated carbocycles. The minimum Gasteiger partial charge on any atom is -0.462 e. The first-order valence-corrected chi connectivity index (χ1v) is 9.82. The lowest BCUT2D eigenvalue weighted by atomic mass is 10.2. The Hall–Kier alpha value is -3.03. The summed E-state index contributed by atoms with van der Waals surface area (Å²) in [4.78, 5) is 20.6. The first-order valence-electron chi connectivity index (χ1n) is 8.94. The Balaban J connectivity index is 1.53. The average Bonchev–Trinajstić information content (AvgIpc) is 3.37. The lowest BCUT2D eigenvalue weighted by Gasteiger charge is -2.08. The van der Waals surface area contributed by atoms with E-state index in [1.165, 1.54) is 0 Å². The molecule has 0 saturated heterocycles. The number of nitrogens with zero attached hydrogens (tertiary/aromatic N) is 3. The lowest BCUT2D eigenvalue weighted by molar-refractivity contribution is 0.0526. The summed E-state index contributed by atoms with van der Waals surface area (Å²) < 4.78 is 12.8. The summed E-state index contributed by atoms with van der Waals surface area (Å²) >= 11 is 1.59. The van der Waals surface area contributed by atoms with E-state index in [9.17, 15) is 4.79 Å². The highest BCUT2D eigenvalue weighted by atomic mass is 32.1. The van der Waals surface area contributed by atoms with Crippen molar-refractivity contribution in [3.8, 4) is 5.69 Å². The smallest absolute Gasteiger partial charge is 0.338 e. The highest BCUT2D eigenvalue weighted by Crippen LogP contribution is 2.21. The number of rotatable bonds is 7. The van der Waals surface area contributed by atoms with Gasteiger partial charge in [0.05, 0.1) is 36.4 Å². The molecule has 4 rings (SSSR count). The summed E-state index contributed by atoms with van der Waals surface area (Å²) in [5.74, 6) is -0.335. The molecule has 0 spiro atoms. The molecule has 0 atom stereocenters. The van der Waals surface area contributed by atoms with Crippen molar-refractivity contribution < 1.29 is 14.3 Å². The molecule has 6 nitrogen and oxygen atoms in total. The second-order valence-corrected chi connectivity index (χ2v) is 7.11. The quantitative estimate of drug-likeness (QED) is 0.436. The summed E-state index contributed by atoms with van der Waals surface area (Å²) in [6, 6.07) is 13.5. The number of imidazole rings is 1. The first-order chi connectivity index (χ1) is 13.7. The molecular formula is C21H19N3O3S. The van der Waals surface area contributed by atoms with Gasteiger partial charge in [-0.2, -0.15) is 0 Å². The van der Waals surface area contributed by atoms with Crippen LogP contribution in [-0.2, 0) is 22.7 Å². The van der Waals surface area contributed by atoms with Crippen LogP contribution < -0.4 is 0 Å². The molecule has 7 heteroatoms. The Labute approximate surface area is 166 Å². The minimum atomic E-state index is -0.335. The average molecular weight is 393 g/mol. The summed E-state index contributed by atoms with van der Waals surface area (Å²) in [5, 5.41) is 2.91. The van der Waals surface area contributed by atoms with Crippen molar-refractivity contribution in [2.45, 2.75) is 20.1 Å². The van der Waals surface area contributed by atoms with Crippen molar-refractivity contribution in [3.63, 3.8) is 0 Å². The molecule has 2 heterocycles. The molecule has 0 amide bonds. The van der Waals surface area contributed by atoms with Crippen LogP contribution in [0.4, 0.5) is 0 Å². The van der Waals surface area contributed by atoms with Crippen molar-refractivity contribution >= 4 is 28.3 Å². The van der Waals surface area contributed by atoms with Crippen LogP contribution in [0.25, 0.3) is 16.7 Å². The van der Waals surface area contributed by atoms with E-state index in [0.29, 0.717) is 25.4 Å². The van der Waals surface area contributed by atoms with Gasteiger partial charge >= 0.3 is 5.97 Å². The number of aromatic nitrogens is 3. The van der Waals surface area contributed by atoms with Crippen LogP contribution in [0, 0.1) is 0 Å². The van der Waals surface area contributed by atoms with Crippen LogP contribution >= 0.6 is 11.3 Å². The number of hydrogen-bond acceptors (Lipinski definition) is 6. The van der Waals surface area contributed by atoms with Crippen molar-refractivity contribution in [1.29, 1.82) is 0 Å². The molecule has 0 aliphatic rings. The molecule has 2 aromatic carbocycles. The van der Waals surface area contributed by atoms with Crippen LogP contribution in [0.15, 0.2) is 60.4 Å². The number of ether oxygens (including phenoxy) is 2. The van der Waals surface area contributed by atoms with Gasteiger partial charge in [-0.3, -0.25) is 4.57 Å². The van der Waals surface area contributed by atoms with E-state index in [1.54, 1.807) is 42.9 Å². The summed E-state index contributed by atoms with van der Waals surface area (Å²) in [6.07, 6.45) is 3.54. The zero-order valence-electron chi connectivity index (χ0n) is 15.4. The number of thiazole rings is 1. The third-order valence-corrected chi connectivity index (χ3v) is 4.98. The minimum absolute atomic E-state index is 0.335. The van der Waals surface area contributed by atoms with Crippen LogP contribution in [0.5, 0.6) is 0 Å². The molecular weight excluding hydrogens is 374 g/mol. The second kappa shape index (κ2) is 8.33. The first kappa shape index (κ1) is 18.3. The topological polar surface area (TPSA) is 66.2 Å². The lowest BCUT2D eigenvalue weighted by Crippen LogP contribution is -2.04. The Kier molecular flexibility index (Phi) is 5.45. The van der Waals surface area contributed by atoms with E-state index in [1.807, 2.05) is 34.2 Å². The summed E-state index contributed by atoms with van der Waals surface area (Å²) in [5.41, 5.74) is 4.23. The number of carbonyl (C=O) groups excluding carboxylic acids is 1. The zero-order valence-corrected chi connectivity index (χ0v) is 16.2. The standard InChI is InChI=1S/C21H19N3O3S/c1-2-27-21(25)16-6-7-19-18(11-16)23-14-24(19)17-5-3-4-15(10-17)12-26-13-20-22-8-9-28-20/h3-11,14H,2,12-13H2,1H3. The van der Waals surface area contributed by atoms with Gasteiger partial charge in [-0.25, -0.2) is 14.8 Å². The molecule has 4 aromatic rings. The number of esters is 1. The highest BCUT2D eigenvalue weighted by molar-refractivity contribution is 7.09. The van der Waals surface area contributed by atoms with E-state index in [4.69, 9.17) is 9.47 Å². The number of carbonyl (C=O) groups is 1. The van der Waals surface area contributed by atoms with Crippen LogP contribution in [-0.4, -0.2) is 27.1 Å². The van der Waals surface area contributed by atoms with Crippen LogP contribution in [0.2, 0.25) is 0 Å².